The van der Waals surface area contributed by atoms with Crippen LogP contribution in [0.3, 0.4) is 0 Å². The van der Waals surface area contributed by atoms with Crippen molar-refractivity contribution < 1.29 is 4.79 Å². The lowest BCUT2D eigenvalue weighted by Crippen LogP contribution is -2.34. The van der Waals surface area contributed by atoms with Crippen LogP contribution in [0.5, 0.6) is 0 Å². The molecule has 1 aliphatic carbocycles. The van der Waals surface area contributed by atoms with E-state index < -0.39 is 0 Å². The molecule has 1 saturated carbocycles. The maximum Gasteiger partial charge on any atom is 0.271 e. The van der Waals surface area contributed by atoms with Gasteiger partial charge in [-0.15, -0.1) is 0 Å². The third kappa shape index (κ3) is 2.78. The largest absolute Gasteiger partial charge is 0.348 e. The van der Waals surface area contributed by atoms with E-state index in [0.29, 0.717) is 11.7 Å². The van der Waals surface area contributed by atoms with Gasteiger partial charge in [-0.05, 0) is 19.8 Å². The van der Waals surface area contributed by atoms with Crippen LogP contribution >= 0.6 is 11.3 Å². The van der Waals surface area contributed by atoms with Crippen LogP contribution in [0, 0.1) is 6.92 Å². The molecule has 0 radical (unpaired) electrons. The fourth-order valence-corrected chi connectivity index (χ4v) is 3.32. The third-order valence-electron chi connectivity index (χ3n) is 3.57. The van der Waals surface area contributed by atoms with E-state index in [1.54, 1.807) is 10.7 Å². The molecule has 3 rings (SSSR count). The van der Waals surface area contributed by atoms with Gasteiger partial charge in [0.25, 0.3) is 5.91 Å². The van der Waals surface area contributed by atoms with E-state index in [0.717, 1.165) is 22.8 Å². The number of rotatable bonds is 2. The Morgan fingerprint density at radius 2 is 2.11 bits per heavy atom. The number of aromatic nitrogens is 3. The highest BCUT2D eigenvalue weighted by Crippen LogP contribution is 2.18. The highest BCUT2D eigenvalue weighted by Gasteiger charge is 2.18. The molecule has 2 heterocycles. The first kappa shape index (κ1) is 12.6. The highest BCUT2D eigenvalue weighted by molar-refractivity contribution is 7.16. The predicted octanol–water partition coefficient (Wildman–Crippen LogP) is 2.55. The highest BCUT2D eigenvalue weighted by atomic mass is 32.1. The summed E-state index contributed by atoms with van der Waals surface area (Å²) in [6, 6.07) is 0.310. The minimum Gasteiger partial charge on any atom is -0.348 e. The van der Waals surface area contributed by atoms with E-state index in [2.05, 4.69) is 15.4 Å². The van der Waals surface area contributed by atoms with E-state index in [1.165, 1.54) is 37.0 Å². The molecule has 6 heteroatoms. The molecule has 2 aromatic rings. The second-order valence-electron chi connectivity index (χ2n) is 5.14. The lowest BCUT2D eigenvalue weighted by atomic mass is 10.1. The van der Waals surface area contributed by atoms with Crippen LogP contribution in [0.25, 0.3) is 4.96 Å². The average molecular weight is 278 g/mol. The van der Waals surface area contributed by atoms with Gasteiger partial charge in [0, 0.05) is 6.04 Å². The number of nitrogens with zero attached hydrogens (tertiary/aromatic N) is 3. The van der Waals surface area contributed by atoms with E-state index >= 15 is 0 Å². The van der Waals surface area contributed by atoms with Crippen molar-refractivity contribution in [1.82, 2.24) is 19.9 Å². The lowest BCUT2D eigenvalue weighted by Gasteiger charge is -2.14. The summed E-state index contributed by atoms with van der Waals surface area (Å²) < 4.78 is 1.68. The summed E-state index contributed by atoms with van der Waals surface area (Å²) in [6.45, 7) is 1.94. The van der Waals surface area contributed by atoms with Crippen LogP contribution in [0.2, 0.25) is 0 Å². The van der Waals surface area contributed by atoms with Gasteiger partial charge in [0.1, 0.15) is 10.7 Å². The summed E-state index contributed by atoms with van der Waals surface area (Å²) in [5.74, 6) is -0.0674. The summed E-state index contributed by atoms with van der Waals surface area (Å²) >= 11 is 1.50. The number of aryl methyl sites for hydroxylation is 1. The Morgan fingerprint density at radius 3 is 2.79 bits per heavy atom. The van der Waals surface area contributed by atoms with Crippen LogP contribution in [-0.2, 0) is 0 Å². The molecular weight excluding hydrogens is 260 g/mol. The Hall–Kier alpha value is -1.43. The predicted molar refractivity (Wildman–Crippen MR) is 74.6 cm³/mol. The Balaban J connectivity index is 1.70. The van der Waals surface area contributed by atoms with Gasteiger partial charge in [0.05, 0.1) is 6.20 Å². The molecule has 2 aromatic heterocycles. The van der Waals surface area contributed by atoms with Crippen LogP contribution in [0.1, 0.15) is 54.0 Å². The molecule has 1 amide bonds. The average Bonchev–Trinajstić information content (AvgIpc) is 2.78. The number of nitrogens with one attached hydrogen (secondary N) is 1. The van der Waals surface area contributed by atoms with Gasteiger partial charge in [-0.3, -0.25) is 4.79 Å². The van der Waals surface area contributed by atoms with Crippen molar-refractivity contribution in [2.45, 2.75) is 51.5 Å². The van der Waals surface area contributed by atoms with Gasteiger partial charge >= 0.3 is 0 Å². The van der Waals surface area contributed by atoms with Gasteiger partial charge in [-0.2, -0.15) is 5.10 Å². The molecule has 0 spiro atoms. The normalized spacial score (nSPS) is 17.5. The molecule has 102 valence electrons. The molecule has 0 aromatic carbocycles. The van der Waals surface area contributed by atoms with Crippen LogP contribution in [0.15, 0.2) is 6.20 Å². The summed E-state index contributed by atoms with van der Waals surface area (Å²) in [7, 11) is 0. The Labute approximate surface area is 116 Å². The first-order valence-electron chi connectivity index (χ1n) is 6.86. The van der Waals surface area contributed by atoms with Crippen LogP contribution < -0.4 is 5.32 Å². The van der Waals surface area contributed by atoms with Gasteiger partial charge in [0.15, 0.2) is 0 Å². The number of hydrogen-bond donors (Lipinski definition) is 1. The molecule has 0 bridgehead atoms. The van der Waals surface area contributed by atoms with Crippen molar-refractivity contribution in [1.29, 1.82) is 0 Å². The first-order chi connectivity index (χ1) is 9.22. The number of carbonyl (C=O) groups is 1. The van der Waals surface area contributed by atoms with E-state index in [4.69, 9.17) is 0 Å². The van der Waals surface area contributed by atoms with Gasteiger partial charge < -0.3 is 5.32 Å². The fourth-order valence-electron chi connectivity index (χ4n) is 2.59. The maximum atomic E-state index is 12.2. The van der Waals surface area contributed by atoms with Crippen molar-refractivity contribution in [2.24, 2.45) is 0 Å². The van der Waals surface area contributed by atoms with Crippen LogP contribution in [-0.4, -0.2) is 26.5 Å². The number of amides is 1. The molecule has 0 atom stereocenters. The van der Waals surface area contributed by atoms with Crippen LogP contribution in [0.4, 0.5) is 0 Å². The Bertz CT molecular complexity index is 549. The smallest absolute Gasteiger partial charge is 0.271 e. The quantitative estimate of drug-likeness (QED) is 0.859. The molecule has 0 saturated heterocycles. The minimum atomic E-state index is -0.0674. The first-order valence-corrected chi connectivity index (χ1v) is 7.68. The zero-order valence-corrected chi connectivity index (χ0v) is 11.9. The number of imidazole rings is 1. The van der Waals surface area contributed by atoms with Crippen molar-refractivity contribution in [3.8, 4) is 0 Å². The third-order valence-corrected chi connectivity index (χ3v) is 4.41. The second-order valence-corrected chi connectivity index (χ2v) is 6.30. The number of hydrogen-bond acceptors (Lipinski definition) is 4. The molecule has 1 N–H and O–H groups in total. The van der Waals surface area contributed by atoms with Gasteiger partial charge in [-0.25, -0.2) is 9.50 Å². The standard InChI is InChI=1S/C13H18N4OS/c1-9-16-17-8-11(15-13(17)19-9)12(18)14-10-6-4-2-3-5-7-10/h8,10H,2-7H2,1H3,(H,14,18). The lowest BCUT2D eigenvalue weighted by molar-refractivity contribution is 0.0929. The zero-order valence-electron chi connectivity index (χ0n) is 11.1. The molecule has 1 fully saturated rings. The Kier molecular flexibility index (Phi) is 3.50. The minimum absolute atomic E-state index is 0.0674. The van der Waals surface area contributed by atoms with E-state index in [9.17, 15) is 4.79 Å². The van der Waals surface area contributed by atoms with Gasteiger partial charge in [0.2, 0.25) is 4.96 Å². The number of fused-ring (bicyclic) bond motifs is 1. The summed E-state index contributed by atoms with van der Waals surface area (Å²) in [5, 5.41) is 8.33. The molecular formula is C13H18N4OS. The van der Waals surface area contributed by atoms with Crippen molar-refractivity contribution in [3.63, 3.8) is 0 Å². The molecule has 19 heavy (non-hydrogen) atoms. The monoisotopic (exact) mass is 278 g/mol. The van der Waals surface area contributed by atoms with E-state index in [-0.39, 0.29) is 5.91 Å². The molecule has 0 aliphatic heterocycles. The molecule has 1 aliphatic rings. The second kappa shape index (κ2) is 5.28. The number of carbonyl (C=O) groups excluding carboxylic acids is 1. The maximum absolute atomic E-state index is 12.2. The van der Waals surface area contributed by atoms with E-state index in [1.807, 2.05) is 6.92 Å². The topological polar surface area (TPSA) is 59.3 Å². The molecule has 5 nitrogen and oxygen atoms in total. The van der Waals surface area contributed by atoms with Crippen molar-refractivity contribution in [2.75, 3.05) is 0 Å². The fraction of sp³-hybridized carbons (Fsp3) is 0.615. The van der Waals surface area contributed by atoms with Crippen molar-refractivity contribution >= 4 is 22.2 Å². The zero-order chi connectivity index (χ0) is 13.2. The van der Waals surface area contributed by atoms with Gasteiger partial charge in [-0.1, -0.05) is 37.0 Å². The summed E-state index contributed by atoms with van der Waals surface area (Å²) in [6.07, 6.45) is 8.89. The summed E-state index contributed by atoms with van der Waals surface area (Å²) in [5.41, 5.74) is 0.475. The molecule has 0 unspecified atom stereocenters. The summed E-state index contributed by atoms with van der Waals surface area (Å²) in [4.78, 5) is 17.3. The SMILES string of the molecule is Cc1nn2cc(C(=O)NC3CCCCCC3)nc2s1. The van der Waals surface area contributed by atoms with Crippen molar-refractivity contribution in [3.05, 3.63) is 16.9 Å². The Morgan fingerprint density at radius 1 is 1.37 bits per heavy atom.